The standard InChI is InChI=1S/C15H16BrNO4S/c1-10-8-12(5-6-13(10)16)22(18,19)17-14-7-4-11(20-2)9-15(14)21-3/h4-9,17H,1-3H3. The molecule has 0 spiro atoms. The lowest BCUT2D eigenvalue weighted by Crippen LogP contribution is -2.13. The Morgan fingerprint density at radius 1 is 1.05 bits per heavy atom. The van der Waals surface area contributed by atoms with Crippen LogP contribution in [0, 0.1) is 6.92 Å². The smallest absolute Gasteiger partial charge is 0.262 e. The summed E-state index contributed by atoms with van der Waals surface area (Å²) in [7, 11) is -0.697. The van der Waals surface area contributed by atoms with Crippen molar-refractivity contribution in [1.82, 2.24) is 0 Å². The number of aryl methyl sites for hydroxylation is 1. The summed E-state index contributed by atoms with van der Waals surface area (Å²) in [6.07, 6.45) is 0. The number of rotatable bonds is 5. The van der Waals surface area contributed by atoms with Gasteiger partial charge in [-0.15, -0.1) is 0 Å². The normalized spacial score (nSPS) is 11.1. The van der Waals surface area contributed by atoms with E-state index in [9.17, 15) is 8.42 Å². The maximum Gasteiger partial charge on any atom is 0.262 e. The van der Waals surface area contributed by atoms with E-state index in [0.717, 1.165) is 10.0 Å². The van der Waals surface area contributed by atoms with Crippen molar-refractivity contribution in [3.63, 3.8) is 0 Å². The molecule has 0 radical (unpaired) electrons. The molecule has 0 aliphatic carbocycles. The van der Waals surface area contributed by atoms with Gasteiger partial charge in [0.2, 0.25) is 0 Å². The van der Waals surface area contributed by atoms with Crippen LogP contribution in [0.25, 0.3) is 0 Å². The minimum Gasteiger partial charge on any atom is -0.497 e. The average molecular weight is 386 g/mol. The number of nitrogens with one attached hydrogen (secondary N) is 1. The third-order valence-electron chi connectivity index (χ3n) is 3.09. The van der Waals surface area contributed by atoms with Crippen molar-refractivity contribution in [1.29, 1.82) is 0 Å². The number of hydrogen-bond acceptors (Lipinski definition) is 4. The predicted molar refractivity (Wildman–Crippen MR) is 89.2 cm³/mol. The number of ether oxygens (including phenoxy) is 2. The molecule has 2 aromatic carbocycles. The Balaban J connectivity index is 2.38. The molecular weight excluding hydrogens is 370 g/mol. The number of hydrogen-bond donors (Lipinski definition) is 1. The molecule has 0 fully saturated rings. The van der Waals surface area contributed by atoms with Crippen molar-refractivity contribution >= 4 is 31.6 Å². The van der Waals surface area contributed by atoms with Crippen LogP contribution in [0.3, 0.4) is 0 Å². The Morgan fingerprint density at radius 3 is 2.36 bits per heavy atom. The molecule has 0 aliphatic heterocycles. The summed E-state index contributed by atoms with van der Waals surface area (Å²) < 4.78 is 38.6. The fourth-order valence-corrected chi connectivity index (χ4v) is 3.27. The Hall–Kier alpha value is -1.73. The predicted octanol–water partition coefficient (Wildman–Crippen LogP) is 3.58. The molecule has 1 N–H and O–H groups in total. The van der Waals surface area contributed by atoms with Gasteiger partial charge in [-0.1, -0.05) is 15.9 Å². The molecule has 0 saturated carbocycles. The molecule has 7 heteroatoms. The lowest BCUT2D eigenvalue weighted by atomic mass is 10.2. The zero-order valence-electron chi connectivity index (χ0n) is 12.4. The van der Waals surface area contributed by atoms with Crippen LogP contribution in [0.1, 0.15) is 5.56 Å². The zero-order valence-corrected chi connectivity index (χ0v) is 14.8. The number of benzene rings is 2. The van der Waals surface area contributed by atoms with Crippen LogP contribution in [0.15, 0.2) is 45.8 Å². The molecule has 0 aromatic heterocycles. The Kier molecular flexibility index (Phi) is 4.97. The van der Waals surface area contributed by atoms with Crippen molar-refractivity contribution in [3.8, 4) is 11.5 Å². The summed E-state index contributed by atoms with van der Waals surface area (Å²) >= 11 is 3.35. The topological polar surface area (TPSA) is 64.6 Å². The first kappa shape index (κ1) is 16.6. The van der Waals surface area contributed by atoms with Crippen LogP contribution in [-0.2, 0) is 10.0 Å². The zero-order chi connectivity index (χ0) is 16.3. The largest absolute Gasteiger partial charge is 0.497 e. The summed E-state index contributed by atoms with van der Waals surface area (Å²) in [6.45, 7) is 1.83. The summed E-state index contributed by atoms with van der Waals surface area (Å²) in [5.74, 6) is 0.969. The van der Waals surface area contributed by atoms with E-state index in [1.807, 2.05) is 6.92 Å². The van der Waals surface area contributed by atoms with E-state index in [-0.39, 0.29) is 4.90 Å². The van der Waals surface area contributed by atoms with Crippen LogP contribution < -0.4 is 14.2 Å². The second-order valence-corrected chi connectivity index (χ2v) is 7.12. The van der Waals surface area contributed by atoms with Gasteiger partial charge in [-0.2, -0.15) is 0 Å². The quantitative estimate of drug-likeness (QED) is 0.853. The van der Waals surface area contributed by atoms with Crippen molar-refractivity contribution in [2.75, 3.05) is 18.9 Å². The van der Waals surface area contributed by atoms with E-state index >= 15 is 0 Å². The minimum atomic E-state index is -3.70. The number of methoxy groups -OCH3 is 2. The van der Waals surface area contributed by atoms with Gasteiger partial charge in [-0.05, 0) is 42.8 Å². The van der Waals surface area contributed by atoms with E-state index in [4.69, 9.17) is 9.47 Å². The highest BCUT2D eigenvalue weighted by atomic mass is 79.9. The highest BCUT2D eigenvalue weighted by Crippen LogP contribution is 2.31. The van der Waals surface area contributed by atoms with Gasteiger partial charge in [-0.3, -0.25) is 4.72 Å². The van der Waals surface area contributed by atoms with E-state index in [2.05, 4.69) is 20.7 Å². The molecule has 0 heterocycles. The SMILES string of the molecule is COc1ccc(NS(=O)(=O)c2ccc(Br)c(C)c2)c(OC)c1. The van der Waals surface area contributed by atoms with E-state index in [1.165, 1.54) is 20.3 Å². The minimum absolute atomic E-state index is 0.186. The first-order chi connectivity index (χ1) is 10.4. The van der Waals surface area contributed by atoms with Gasteiger partial charge in [0.25, 0.3) is 10.0 Å². The molecule has 0 aliphatic rings. The molecule has 0 amide bonds. The van der Waals surface area contributed by atoms with Crippen molar-refractivity contribution < 1.29 is 17.9 Å². The van der Waals surface area contributed by atoms with E-state index in [1.54, 1.807) is 30.3 Å². The molecule has 5 nitrogen and oxygen atoms in total. The highest BCUT2D eigenvalue weighted by Gasteiger charge is 2.17. The fourth-order valence-electron chi connectivity index (χ4n) is 1.87. The van der Waals surface area contributed by atoms with Gasteiger partial charge in [0.05, 0.1) is 24.8 Å². The summed E-state index contributed by atoms with van der Waals surface area (Å²) in [4.78, 5) is 0.186. The van der Waals surface area contributed by atoms with Gasteiger partial charge in [-0.25, -0.2) is 8.42 Å². The molecule has 0 saturated heterocycles. The maximum absolute atomic E-state index is 12.5. The Bertz CT molecular complexity index is 790. The van der Waals surface area contributed by atoms with Crippen LogP contribution in [-0.4, -0.2) is 22.6 Å². The van der Waals surface area contributed by atoms with Gasteiger partial charge in [0.1, 0.15) is 11.5 Å². The van der Waals surface area contributed by atoms with Crippen molar-refractivity contribution in [2.24, 2.45) is 0 Å². The van der Waals surface area contributed by atoms with Crippen molar-refractivity contribution in [3.05, 3.63) is 46.4 Å². The van der Waals surface area contributed by atoms with Crippen molar-refractivity contribution in [2.45, 2.75) is 11.8 Å². The highest BCUT2D eigenvalue weighted by molar-refractivity contribution is 9.10. The summed E-state index contributed by atoms with van der Waals surface area (Å²) in [5, 5.41) is 0. The fraction of sp³-hybridized carbons (Fsp3) is 0.200. The first-order valence-corrected chi connectivity index (χ1v) is 8.66. The molecule has 22 heavy (non-hydrogen) atoms. The lowest BCUT2D eigenvalue weighted by molar-refractivity contribution is 0.395. The molecule has 2 aromatic rings. The Labute approximate surface area is 138 Å². The maximum atomic E-state index is 12.5. The first-order valence-electron chi connectivity index (χ1n) is 6.38. The van der Waals surface area contributed by atoms with Gasteiger partial charge >= 0.3 is 0 Å². The number of halogens is 1. The molecule has 0 unspecified atom stereocenters. The number of sulfonamides is 1. The lowest BCUT2D eigenvalue weighted by Gasteiger charge is -2.13. The van der Waals surface area contributed by atoms with E-state index in [0.29, 0.717) is 17.2 Å². The molecule has 0 bridgehead atoms. The second-order valence-electron chi connectivity index (χ2n) is 4.58. The van der Waals surface area contributed by atoms with Gasteiger partial charge in [0, 0.05) is 10.5 Å². The summed E-state index contributed by atoms with van der Waals surface area (Å²) in [5.41, 5.74) is 1.19. The average Bonchev–Trinajstić information content (AvgIpc) is 2.50. The number of anilines is 1. The monoisotopic (exact) mass is 385 g/mol. The summed E-state index contributed by atoms with van der Waals surface area (Å²) in [6, 6.07) is 9.71. The van der Waals surface area contributed by atoms with Crippen LogP contribution in [0.5, 0.6) is 11.5 Å². The Morgan fingerprint density at radius 2 is 1.77 bits per heavy atom. The third kappa shape index (κ3) is 3.53. The third-order valence-corrected chi connectivity index (χ3v) is 5.35. The van der Waals surface area contributed by atoms with Gasteiger partial charge < -0.3 is 9.47 Å². The molecule has 0 atom stereocenters. The van der Waals surface area contributed by atoms with Crippen LogP contribution in [0.4, 0.5) is 5.69 Å². The van der Waals surface area contributed by atoms with Gasteiger partial charge in [0.15, 0.2) is 0 Å². The molecule has 2 rings (SSSR count). The van der Waals surface area contributed by atoms with Crippen LogP contribution in [0.2, 0.25) is 0 Å². The van der Waals surface area contributed by atoms with Crippen LogP contribution >= 0.6 is 15.9 Å². The molecule has 118 valence electrons. The second kappa shape index (κ2) is 6.58. The van der Waals surface area contributed by atoms with E-state index < -0.39 is 10.0 Å². The molecular formula is C15H16BrNO4S.